The molecule has 0 saturated heterocycles. The Bertz CT molecular complexity index is 1190. The minimum absolute atomic E-state index is 0.0331. The van der Waals surface area contributed by atoms with Gasteiger partial charge in [0.25, 0.3) is 0 Å². The summed E-state index contributed by atoms with van der Waals surface area (Å²) in [6.07, 6.45) is 4.33. The highest BCUT2D eigenvalue weighted by Gasteiger charge is 2.30. The lowest BCUT2D eigenvalue weighted by Gasteiger charge is -2.24. The number of aliphatic hydroxyl groups is 1. The van der Waals surface area contributed by atoms with E-state index in [0.717, 1.165) is 10.9 Å². The van der Waals surface area contributed by atoms with Crippen molar-refractivity contribution >= 4 is 52.3 Å². The smallest absolute Gasteiger partial charge is 0.326 e. The number of para-hydroxylation sites is 1. The van der Waals surface area contributed by atoms with Crippen molar-refractivity contribution in [3.8, 4) is 0 Å². The van der Waals surface area contributed by atoms with Crippen molar-refractivity contribution in [2.75, 3.05) is 25.2 Å². The largest absolute Gasteiger partial charge is 0.480 e. The van der Waals surface area contributed by atoms with Crippen molar-refractivity contribution in [1.82, 2.24) is 20.9 Å². The summed E-state index contributed by atoms with van der Waals surface area (Å²) >= 11 is 1.52. The van der Waals surface area contributed by atoms with E-state index >= 15 is 0 Å². The number of carboxylic acids is 1. The number of benzene rings is 1. The van der Waals surface area contributed by atoms with Crippen LogP contribution in [0.3, 0.4) is 0 Å². The quantitative estimate of drug-likeness (QED) is 0.0589. The summed E-state index contributed by atoms with van der Waals surface area (Å²) in [5.41, 5.74) is 18.1. The molecule has 40 heavy (non-hydrogen) atoms. The molecule has 4 atom stereocenters. The number of carboxylic acid groups (broad SMARTS) is 1. The number of guanidine groups is 1. The van der Waals surface area contributed by atoms with Gasteiger partial charge in [0, 0.05) is 30.1 Å². The Labute approximate surface area is 235 Å². The molecule has 1 aromatic carbocycles. The molecule has 0 saturated carbocycles. The van der Waals surface area contributed by atoms with Crippen molar-refractivity contribution in [2.45, 2.75) is 49.9 Å². The fraction of sp³-hybridized carbons (Fsp3) is 0.480. The number of aliphatic carboxylic acids is 1. The molecule has 0 bridgehead atoms. The number of fused-ring (bicyclic) bond motifs is 1. The van der Waals surface area contributed by atoms with Crippen LogP contribution in [0.25, 0.3) is 10.9 Å². The SMILES string of the molecule is CSCCC(N)C(=O)NC(CCCN=C(N)N)C(=O)NC(CO)C(=O)NC(Cc1c[nH]c2ccccc12)C(=O)O. The molecule has 0 aliphatic carbocycles. The first-order chi connectivity index (χ1) is 19.1. The Morgan fingerprint density at radius 1 is 1.00 bits per heavy atom. The zero-order valence-electron chi connectivity index (χ0n) is 22.3. The van der Waals surface area contributed by atoms with Crippen LogP contribution in [0.1, 0.15) is 24.8 Å². The number of carbonyl (C=O) groups excluding carboxylic acids is 3. The van der Waals surface area contributed by atoms with E-state index in [1.807, 2.05) is 30.5 Å². The third-order valence-corrected chi connectivity index (χ3v) is 6.72. The van der Waals surface area contributed by atoms with E-state index in [4.69, 9.17) is 17.2 Å². The van der Waals surface area contributed by atoms with Crippen molar-refractivity contribution in [1.29, 1.82) is 0 Å². The Balaban J connectivity index is 2.09. The van der Waals surface area contributed by atoms with Gasteiger partial charge in [0.2, 0.25) is 17.7 Å². The van der Waals surface area contributed by atoms with Gasteiger partial charge in [-0.3, -0.25) is 19.4 Å². The maximum absolute atomic E-state index is 13.1. The van der Waals surface area contributed by atoms with Gasteiger partial charge in [0.15, 0.2) is 5.96 Å². The molecule has 0 aliphatic heterocycles. The van der Waals surface area contributed by atoms with Crippen molar-refractivity contribution in [2.24, 2.45) is 22.2 Å². The summed E-state index contributed by atoms with van der Waals surface area (Å²) in [7, 11) is 0. The number of nitrogens with one attached hydrogen (secondary N) is 4. The highest BCUT2D eigenvalue weighted by molar-refractivity contribution is 7.98. The van der Waals surface area contributed by atoms with Crippen molar-refractivity contribution in [3.05, 3.63) is 36.0 Å². The van der Waals surface area contributed by atoms with Crippen LogP contribution in [0.15, 0.2) is 35.5 Å². The molecule has 15 heteroatoms. The molecule has 3 amide bonds. The topological polar surface area (TPSA) is 251 Å². The van der Waals surface area contributed by atoms with E-state index in [1.54, 1.807) is 6.20 Å². The number of hydrogen-bond acceptors (Lipinski definition) is 8. The molecule has 0 spiro atoms. The van der Waals surface area contributed by atoms with Gasteiger partial charge in [-0.2, -0.15) is 11.8 Å². The van der Waals surface area contributed by atoms with E-state index in [2.05, 4.69) is 25.9 Å². The Kier molecular flexibility index (Phi) is 13.2. The zero-order chi connectivity index (χ0) is 29.7. The Hall–Kier alpha value is -3.82. The van der Waals surface area contributed by atoms with Gasteiger partial charge in [-0.05, 0) is 42.9 Å². The monoisotopic (exact) mass is 578 g/mol. The molecule has 0 aliphatic rings. The number of aliphatic hydroxyl groups excluding tert-OH is 1. The maximum atomic E-state index is 13.1. The number of nitrogens with two attached hydrogens (primary N) is 3. The van der Waals surface area contributed by atoms with Crippen molar-refractivity contribution < 1.29 is 29.4 Å². The molecule has 14 nitrogen and oxygen atoms in total. The fourth-order valence-electron chi connectivity index (χ4n) is 3.89. The molecular formula is C25H38N8O6S. The van der Waals surface area contributed by atoms with Gasteiger partial charge in [-0.1, -0.05) is 18.2 Å². The van der Waals surface area contributed by atoms with Crippen LogP contribution in [0.2, 0.25) is 0 Å². The second kappa shape index (κ2) is 16.3. The van der Waals surface area contributed by atoms with Crippen LogP contribution < -0.4 is 33.2 Å². The van der Waals surface area contributed by atoms with Gasteiger partial charge >= 0.3 is 5.97 Å². The number of aromatic nitrogens is 1. The van der Waals surface area contributed by atoms with Gasteiger partial charge in [0.05, 0.1) is 12.6 Å². The number of aromatic amines is 1. The minimum atomic E-state index is -1.47. The molecular weight excluding hydrogens is 540 g/mol. The van der Waals surface area contributed by atoms with Gasteiger partial charge in [-0.15, -0.1) is 0 Å². The molecule has 0 radical (unpaired) electrons. The predicted molar refractivity (Wildman–Crippen MR) is 153 cm³/mol. The third kappa shape index (κ3) is 10.1. The Morgan fingerprint density at radius 3 is 2.30 bits per heavy atom. The average molecular weight is 579 g/mol. The maximum Gasteiger partial charge on any atom is 0.326 e. The Morgan fingerprint density at radius 2 is 1.65 bits per heavy atom. The predicted octanol–water partition coefficient (Wildman–Crippen LogP) is -1.62. The third-order valence-electron chi connectivity index (χ3n) is 6.08. The van der Waals surface area contributed by atoms with Gasteiger partial charge < -0.3 is 48.3 Å². The van der Waals surface area contributed by atoms with Crippen LogP contribution in [-0.2, 0) is 25.6 Å². The first-order valence-electron chi connectivity index (χ1n) is 12.7. The number of carbonyl (C=O) groups is 4. The highest BCUT2D eigenvalue weighted by Crippen LogP contribution is 2.19. The lowest BCUT2D eigenvalue weighted by Crippen LogP contribution is -2.58. The summed E-state index contributed by atoms with van der Waals surface area (Å²) in [6, 6.07) is 2.56. The van der Waals surface area contributed by atoms with Gasteiger partial charge in [0.1, 0.15) is 18.1 Å². The standard InChI is InChI=1S/C25H38N8O6S/c1-40-10-8-16(26)21(35)31-18(7-4-9-29-25(27)28)22(36)33-20(13-34)23(37)32-19(24(38)39)11-14-12-30-17-6-3-2-5-15(14)17/h2-3,5-6,12,16,18-20,30,34H,4,7-11,13,26H2,1H3,(H,31,35)(H,32,37)(H,33,36)(H,38,39)(H4,27,28,29). The number of rotatable bonds is 17. The molecule has 1 heterocycles. The van der Waals surface area contributed by atoms with E-state index in [9.17, 15) is 29.4 Å². The number of thioether (sulfide) groups is 1. The second-order valence-electron chi connectivity index (χ2n) is 9.10. The van der Waals surface area contributed by atoms with Crippen LogP contribution in [-0.4, -0.2) is 94.2 Å². The van der Waals surface area contributed by atoms with Gasteiger partial charge in [-0.25, -0.2) is 4.79 Å². The summed E-state index contributed by atoms with van der Waals surface area (Å²) < 4.78 is 0. The lowest BCUT2D eigenvalue weighted by atomic mass is 10.0. The summed E-state index contributed by atoms with van der Waals surface area (Å²) in [5, 5.41) is 27.7. The lowest BCUT2D eigenvalue weighted by molar-refractivity contribution is -0.142. The second-order valence-corrected chi connectivity index (χ2v) is 10.1. The normalized spacial score (nSPS) is 14.0. The van der Waals surface area contributed by atoms with Crippen LogP contribution in [0.4, 0.5) is 0 Å². The highest BCUT2D eigenvalue weighted by atomic mass is 32.2. The summed E-state index contributed by atoms with van der Waals surface area (Å²) in [5.74, 6) is -2.97. The first kappa shape index (κ1) is 32.4. The first-order valence-corrected chi connectivity index (χ1v) is 14.1. The fourth-order valence-corrected chi connectivity index (χ4v) is 4.38. The van der Waals surface area contributed by atoms with Crippen LogP contribution in [0, 0.1) is 0 Å². The van der Waals surface area contributed by atoms with E-state index < -0.39 is 54.5 Å². The molecule has 2 rings (SSSR count). The molecule has 12 N–H and O–H groups in total. The molecule has 1 aromatic heterocycles. The number of aliphatic imine (C=N–C) groups is 1. The number of nitrogens with zero attached hydrogens (tertiary/aromatic N) is 1. The zero-order valence-corrected chi connectivity index (χ0v) is 23.1. The number of amides is 3. The molecule has 4 unspecified atom stereocenters. The van der Waals surface area contributed by atoms with E-state index in [1.165, 1.54) is 11.8 Å². The summed E-state index contributed by atoms with van der Waals surface area (Å²) in [6.45, 7) is -0.614. The number of hydrogen-bond donors (Lipinski definition) is 9. The summed E-state index contributed by atoms with van der Waals surface area (Å²) in [4.78, 5) is 57.4. The van der Waals surface area contributed by atoms with E-state index in [-0.39, 0.29) is 25.3 Å². The van der Waals surface area contributed by atoms with Crippen LogP contribution >= 0.6 is 11.8 Å². The molecule has 220 valence electrons. The molecule has 2 aromatic rings. The van der Waals surface area contributed by atoms with E-state index in [0.29, 0.717) is 24.2 Å². The average Bonchev–Trinajstić information content (AvgIpc) is 3.33. The van der Waals surface area contributed by atoms with Crippen LogP contribution in [0.5, 0.6) is 0 Å². The minimum Gasteiger partial charge on any atom is -0.480 e. The number of H-pyrrole nitrogens is 1. The molecule has 0 fully saturated rings. The van der Waals surface area contributed by atoms with Crippen molar-refractivity contribution in [3.63, 3.8) is 0 Å².